The Morgan fingerprint density at radius 1 is 1.39 bits per heavy atom. The van der Waals surface area contributed by atoms with Gasteiger partial charge in [-0.05, 0) is 36.1 Å². The van der Waals surface area contributed by atoms with E-state index >= 15 is 0 Å². The molecule has 3 rings (SSSR count). The monoisotopic (exact) mass is 269 g/mol. The third kappa shape index (κ3) is 3.43. The minimum absolute atomic E-state index is 0.379. The van der Waals surface area contributed by atoms with Gasteiger partial charge < -0.3 is 10.1 Å². The van der Waals surface area contributed by atoms with Crippen LogP contribution >= 0.6 is 11.8 Å². The second-order valence-corrected chi connectivity index (χ2v) is 5.85. The summed E-state index contributed by atoms with van der Waals surface area (Å²) in [5.41, 5.74) is 0. The van der Waals surface area contributed by atoms with Crippen molar-refractivity contribution in [1.82, 2.24) is 25.5 Å². The summed E-state index contributed by atoms with van der Waals surface area (Å²) in [5, 5.41) is 16.2. The minimum Gasteiger partial charge on any atom is -0.377 e. The van der Waals surface area contributed by atoms with Gasteiger partial charge >= 0.3 is 0 Å². The Bertz CT molecular complexity index is 375. The number of hydrogen-bond donors (Lipinski definition) is 1. The van der Waals surface area contributed by atoms with Crippen LogP contribution in [0.3, 0.4) is 0 Å². The van der Waals surface area contributed by atoms with Gasteiger partial charge in [-0.25, -0.2) is 4.68 Å². The van der Waals surface area contributed by atoms with Gasteiger partial charge in [0.2, 0.25) is 5.16 Å². The number of nitrogens with one attached hydrogen (secondary N) is 1. The SMILES string of the molecule is C1COC(CSc2nnnn2CCNC2CC2)C1. The molecule has 100 valence electrons. The van der Waals surface area contributed by atoms with Crippen molar-refractivity contribution in [3.63, 3.8) is 0 Å². The molecule has 6 nitrogen and oxygen atoms in total. The Hall–Kier alpha value is -0.660. The van der Waals surface area contributed by atoms with E-state index in [4.69, 9.17) is 4.74 Å². The molecule has 0 spiro atoms. The van der Waals surface area contributed by atoms with Crippen molar-refractivity contribution in [2.75, 3.05) is 18.9 Å². The van der Waals surface area contributed by atoms with Gasteiger partial charge in [0.25, 0.3) is 0 Å². The van der Waals surface area contributed by atoms with Crippen LogP contribution in [0.15, 0.2) is 5.16 Å². The van der Waals surface area contributed by atoms with E-state index < -0.39 is 0 Å². The van der Waals surface area contributed by atoms with Crippen molar-refractivity contribution in [3.05, 3.63) is 0 Å². The van der Waals surface area contributed by atoms with Crippen molar-refractivity contribution in [2.45, 2.75) is 49.5 Å². The lowest BCUT2D eigenvalue weighted by molar-refractivity contribution is 0.129. The third-order valence-electron chi connectivity index (χ3n) is 3.26. The first-order valence-electron chi connectivity index (χ1n) is 6.66. The van der Waals surface area contributed by atoms with E-state index in [1.165, 1.54) is 19.3 Å². The number of nitrogens with zero attached hydrogens (tertiary/aromatic N) is 4. The average Bonchev–Trinajstić information content (AvgIpc) is 2.90. The van der Waals surface area contributed by atoms with E-state index in [0.717, 1.165) is 43.1 Å². The zero-order valence-corrected chi connectivity index (χ0v) is 11.2. The fourth-order valence-corrected chi connectivity index (χ4v) is 3.01. The van der Waals surface area contributed by atoms with Gasteiger partial charge in [0.15, 0.2) is 0 Å². The molecule has 1 saturated carbocycles. The number of rotatable bonds is 7. The molecule has 0 bridgehead atoms. The third-order valence-corrected chi connectivity index (χ3v) is 4.34. The smallest absolute Gasteiger partial charge is 0.209 e. The molecule has 2 aliphatic rings. The van der Waals surface area contributed by atoms with Crippen molar-refractivity contribution in [3.8, 4) is 0 Å². The van der Waals surface area contributed by atoms with Crippen molar-refractivity contribution < 1.29 is 4.74 Å². The zero-order valence-electron chi connectivity index (χ0n) is 10.4. The van der Waals surface area contributed by atoms with E-state index in [0.29, 0.717) is 6.10 Å². The maximum absolute atomic E-state index is 5.60. The van der Waals surface area contributed by atoms with Gasteiger partial charge in [0, 0.05) is 24.9 Å². The lowest BCUT2D eigenvalue weighted by Gasteiger charge is -2.08. The number of hydrogen-bond acceptors (Lipinski definition) is 6. The van der Waals surface area contributed by atoms with Crippen LogP contribution in [-0.2, 0) is 11.3 Å². The first kappa shape index (κ1) is 12.4. The molecule has 1 aliphatic heterocycles. The van der Waals surface area contributed by atoms with Crippen molar-refractivity contribution >= 4 is 11.8 Å². The van der Waals surface area contributed by atoms with Crippen LogP contribution in [0.25, 0.3) is 0 Å². The molecule has 7 heteroatoms. The van der Waals surface area contributed by atoms with E-state index in [2.05, 4.69) is 20.8 Å². The zero-order chi connectivity index (χ0) is 12.2. The Balaban J connectivity index is 1.43. The lowest BCUT2D eigenvalue weighted by Crippen LogP contribution is -2.22. The van der Waals surface area contributed by atoms with Crippen LogP contribution in [0.1, 0.15) is 25.7 Å². The van der Waals surface area contributed by atoms with Crippen LogP contribution in [0, 0.1) is 0 Å². The molecule has 2 heterocycles. The highest BCUT2D eigenvalue weighted by Crippen LogP contribution is 2.22. The Labute approximate surface area is 111 Å². The molecule has 1 aliphatic carbocycles. The molecule has 1 atom stereocenters. The predicted octanol–water partition coefficient (Wildman–Crippen LogP) is 0.696. The minimum atomic E-state index is 0.379. The molecule has 1 unspecified atom stereocenters. The van der Waals surface area contributed by atoms with E-state index in [1.54, 1.807) is 11.8 Å². The van der Waals surface area contributed by atoms with Crippen molar-refractivity contribution in [2.24, 2.45) is 0 Å². The summed E-state index contributed by atoms with van der Waals surface area (Å²) in [4.78, 5) is 0. The van der Waals surface area contributed by atoms with Crippen LogP contribution in [0.2, 0.25) is 0 Å². The molecule has 0 aromatic carbocycles. The molecule has 0 radical (unpaired) electrons. The first-order chi connectivity index (χ1) is 8.92. The summed E-state index contributed by atoms with van der Waals surface area (Å²) < 4.78 is 7.48. The molecular weight excluding hydrogens is 250 g/mol. The highest BCUT2D eigenvalue weighted by Gasteiger charge is 2.20. The van der Waals surface area contributed by atoms with E-state index in [1.807, 2.05) is 4.68 Å². The maximum Gasteiger partial charge on any atom is 0.209 e. The summed E-state index contributed by atoms with van der Waals surface area (Å²) in [7, 11) is 0. The summed E-state index contributed by atoms with van der Waals surface area (Å²) in [6, 6.07) is 0.740. The Kier molecular flexibility index (Phi) is 4.12. The van der Waals surface area contributed by atoms with Gasteiger partial charge in [-0.15, -0.1) is 5.10 Å². The molecule has 2 fully saturated rings. The molecule has 1 aromatic heterocycles. The van der Waals surface area contributed by atoms with Gasteiger partial charge in [-0.3, -0.25) is 0 Å². The van der Waals surface area contributed by atoms with Gasteiger partial charge in [0.05, 0.1) is 12.6 Å². The van der Waals surface area contributed by atoms with Crippen LogP contribution in [-0.4, -0.2) is 51.3 Å². The quantitative estimate of drug-likeness (QED) is 0.735. The lowest BCUT2D eigenvalue weighted by atomic mass is 10.3. The Morgan fingerprint density at radius 2 is 2.33 bits per heavy atom. The van der Waals surface area contributed by atoms with E-state index in [9.17, 15) is 0 Å². The standard InChI is InChI=1S/C11H19N5OS/c1-2-10(17-7-1)8-18-11-13-14-15-16(11)6-5-12-9-3-4-9/h9-10,12H,1-8H2. The second kappa shape index (κ2) is 5.99. The number of aromatic nitrogens is 4. The summed E-state index contributed by atoms with van der Waals surface area (Å²) in [5.74, 6) is 0.955. The highest BCUT2D eigenvalue weighted by atomic mass is 32.2. The van der Waals surface area contributed by atoms with Crippen molar-refractivity contribution in [1.29, 1.82) is 0 Å². The number of tetrazole rings is 1. The van der Waals surface area contributed by atoms with Crippen LogP contribution < -0.4 is 5.32 Å². The van der Waals surface area contributed by atoms with Gasteiger partial charge in [0.1, 0.15) is 0 Å². The molecule has 1 aromatic rings. The van der Waals surface area contributed by atoms with E-state index in [-0.39, 0.29) is 0 Å². The molecule has 18 heavy (non-hydrogen) atoms. The molecular formula is C11H19N5OS. The van der Waals surface area contributed by atoms with Crippen LogP contribution in [0.4, 0.5) is 0 Å². The molecule has 0 amide bonds. The van der Waals surface area contributed by atoms with Crippen LogP contribution in [0.5, 0.6) is 0 Å². The molecule has 1 N–H and O–H groups in total. The molecule has 1 saturated heterocycles. The fourth-order valence-electron chi connectivity index (χ4n) is 2.05. The summed E-state index contributed by atoms with van der Waals surface area (Å²) >= 11 is 1.70. The topological polar surface area (TPSA) is 64.9 Å². The Morgan fingerprint density at radius 3 is 3.11 bits per heavy atom. The highest BCUT2D eigenvalue weighted by molar-refractivity contribution is 7.99. The number of thioether (sulfide) groups is 1. The number of ether oxygens (including phenoxy) is 1. The average molecular weight is 269 g/mol. The summed E-state index contributed by atoms with van der Waals surface area (Å²) in [6.07, 6.45) is 5.36. The predicted molar refractivity (Wildman–Crippen MR) is 68.5 cm³/mol. The largest absolute Gasteiger partial charge is 0.377 e. The van der Waals surface area contributed by atoms with Gasteiger partial charge in [-0.2, -0.15) is 0 Å². The fraction of sp³-hybridized carbons (Fsp3) is 0.909. The maximum atomic E-state index is 5.60. The van der Waals surface area contributed by atoms with Gasteiger partial charge in [-0.1, -0.05) is 11.8 Å². The normalized spacial score (nSPS) is 23.7. The second-order valence-electron chi connectivity index (χ2n) is 4.86. The summed E-state index contributed by atoms with van der Waals surface area (Å²) in [6.45, 7) is 2.70. The first-order valence-corrected chi connectivity index (χ1v) is 7.64.